The Morgan fingerprint density at radius 1 is 1.08 bits per heavy atom. The van der Waals surface area contributed by atoms with Crippen molar-refractivity contribution in [1.29, 1.82) is 0 Å². The first-order valence-corrected chi connectivity index (χ1v) is 13.3. The van der Waals surface area contributed by atoms with E-state index in [2.05, 4.69) is 27.0 Å². The van der Waals surface area contributed by atoms with Gasteiger partial charge in [0.2, 0.25) is 5.95 Å². The largest absolute Gasteiger partial charge is 0.383 e. The van der Waals surface area contributed by atoms with E-state index >= 15 is 0 Å². The third-order valence-electron chi connectivity index (χ3n) is 6.59. The molecule has 1 aliphatic heterocycles. The highest BCUT2D eigenvalue weighted by Crippen LogP contribution is 2.32. The molecule has 11 heteroatoms. The zero-order valence-electron chi connectivity index (χ0n) is 23.9. The summed E-state index contributed by atoms with van der Waals surface area (Å²) < 4.78 is 27.3. The smallest absolute Gasteiger partial charge is 0.275 e. The lowest BCUT2D eigenvalue weighted by molar-refractivity contribution is 0.185. The Morgan fingerprint density at radius 2 is 1.72 bits per heavy atom. The number of nitrogens with two attached hydrogens (primary N) is 1. The van der Waals surface area contributed by atoms with Crippen LogP contribution in [0, 0.1) is 5.82 Å². The Labute approximate surface area is 229 Å². The number of nitrogens with one attached hydrogen (secondary N) is 1. The van der Waals surface area contributed by atoms with E-state index in [9.17, 15) is 9.18 Å². The first-order chi connectivity index (χ1) is 18.7. The third-order valence-corrected chi connectivity index (χ3v) is 6.59. The second-order valence-electron chi connectivity index (χ2n) is 10.1. The predicted molar refractivity (Wildman–Crippen MR) is 152 cm³/mol. The molecular weight excluding hydrogens is 501 g/mol. The summed E-state index contributed by atoms with van der Waals surface area (Å²) in [6.45, 7) is 6.92. The molecule has 0 amide bonds. The van der Waals surface area contributed by atoms with Crippen LogP contribution in [0.15, 0.2) is 41.3 Å². The van der Waals surface area contributed by atoms with Crippen molar-refractivity contribution in [3.63, 3.8) is 0 Å². The fourth-order valence-electron chi connectivity index (χ4n) is 4.78. The molecule has 2 atom stereocenters. The maximum absolute atomic E-state index is 13.8. The number of ether oxygens (including phenoxy) is 2. The first-order valence-electron chi connectivity index (χ1n) is 13.3. The number of halogens is 1. The van der Waals surface area contributed by atoms with Gasteiger partial charge in [-0.25, -0.2) is 19.0 Å². The molecule has 39 heavy (non-hydrogen) atoms. The minimum atomic E-state index is -0.340. The molecule has 0 unspecified atom stereocenters. The second kappa shape index (κ2) is 14.3. The number of nitrogens with zero attached hydrogens (tertiary/aromatic N) is 5. The molecule has 0 bridgehead atoms. The summed E-state index contributed by atoms with van der Waals surface area (Å²) in [6.07, 6.45) is 3.46. The van der Waals surface area contributed by atoms with Gasteiger partial charge in [0.1, 0.15) is 5.82 Å². The molecule has 0 spiro atoms. The minimum Gasteiger partial charge on any atom is -0.383 e. The summed E-state index contributed by atoms with van der Waals surface area (Å²) in [6, 6.07) is 8.14. The summed E-state index contributed by atoms with van der Waals surface area (Å²) in [5, 5.41) is 3.23. The van der Waals surface area contributed by atoms with Gasteiger partial charge in [0.15, 0.2) is 0 Å². The highest BCUT2D eigenvalue weighted by atomic mass is 19.1. The average Bonchev–Trinajstić information content (AvgIpc) is 3.15. The number of aromatic nitrogens is 4. The molecule has 3 heterocycles. The van der Waals surface area contributed by atoms with Crippen molar-refractivity contribution in [1.82, 2.24) is 24.2 Å². The Kier molecular flexibility index (Phi) is 11.2. The zero-order chi connectivity index (χ0) is 28.5. The van der Waals surface area contributed by atoms with Gasteiger partial charge in [-0.1, -0.05) is 12.1 Å². The molecule has 1 fully saturated rings. The SMILES string of the molecule is COC[C@H](C)N.COC[C@H](C)Nc1nccc(-c2c(-c3ccc(F)cc3)c(=O)n(C3CCN(C)CC3)n2C)n1. The van der Waals surface area contributed by atoms with Gasteiger partial charge < -0.3 is 25.4 Å². The highest BCUT2D eigenvalue weighted by Gasteiger charge is 2.28. The van der Waals surface area contributed by atoms with Gasteiger partial charge >= 0.3 is 0 Å². The molecule has 214 valence electrons. The number of piperidine rings is 1. The Morgan fingerprint density at radius 3 is 2.28 bits per heavy atom. The van der Waals surface area contributed by atoms with Crippen molar-refractivity contribution >= 4 is 5.95 Å². The van der Waals surface area contributed by atoms with E-state index in [0.29, 0.717) is 41.7 Å². The van der Waals surface area contributed by atoms with Crippen molar-refractivity contribution in [2.45, 2.75) is 44.8 Å². The van der Waals surface area contributed by atoms with Crippen LogP contribution < -0.4 is 16.6 Å². The molecule has 0 saturated carbocycles. The lowest BCUT2D eigenvalue weighted by Crippen LogP contribution is -2.36. The number of hydrogen-bond acceptors (Lipinski definition) is 8. The summed E-state index contributed by atoms with van der Waals surface area (Å²) in [5.41, 5.74) is 7.69. The lowest BCUT2D eigenvalue weighted by Gasteiger charge is -2.30. The third kappa shape index (κ3) is 7.95. The van der Waals surface area contributed by atoms with Gasteiger partial charge in [-0.3, -0.25) is 9.48 Å². The summed E-state index contributed by atoms with van der Waals surface area (Å²) in [4.78, 5) is 25.1. The normalized spacial score (nSPS) is 15.9. The number of hydrogen-bond donors (Lipinski definition) is 2. The monoisotopic (exact) mass is 543 g/mol. The number of rotatable bonds is 9. The molecule has 2 aromatic heterocycles. The molecule has 4 rings (SSSR count). The molecule has 10 nitrogen and oxygen atoms in total. The van der Waals surface area contributed by atoms with E-state index in [1.54, 1.807) is 38.6 Å². The van der Waals surface area contributed by atoms with Crippen LogP contribution in [-0.2, 0) is 16.5 Å². The van der Waals surface area contributed by atoms with Gasteiger partial charge in [0.25, 0.3) is 5.56 Å². The van der Waals surface area contributed by atoms with Crippen LogP contribution in [0.25, 0.3) is 22.5 Å². The Bertz CT molecular complexity index is 1230. The van der Waals surface area contributed by atoms with E-state index < -0.39 is 0 Å². The van der Waals surface area contributed by atoms with Crippen LogP contribution in [-0.4, -0.2) is 83.9 Å². The average molecular weight is 544 g/mol. The van der Waals surface area contributed by atoms with E-state index in [0.717, 1.165) is 25.9 Å². The topological polar surface area (TPSA) is 112 Å². The van der Waals surface area contributed by atoms with Crippen molar-refractivity contribution in [2.24, 2.45) is 12.8 Å². The minimum absolute atomic E-state index is 0.0227. The van der Waals surface area contributed by atoms with Gasteiger partial charge in [0, 0.05) is 39.5 Å². The molecule has 1 aliphatic rings. The molecular formula is C28H42FN7O3. The van der Waals surface area contributed by atoms with Crippen molar-refractivity contribution in [3.8, 4) is 22.5 Å². The number of anilines is 1. The molecule has 0 aliphatic carbocycles. The van der Waals surface area contributed by atoms with Crippen LogP contribution >= 0.6 is 0 Å². The Hall–Kier alpha value is -3.12. The molecule has 3 aromatic rings. The standard InChI is InChI=1S/C24H31FN6O2.C4H11NO/c1-16(15-33-4)27-24-26-12-9-20(28-24)22-21(17-5-7-18(25)8-6-17)23(32)31(30(22)3)19-10-13-29(2)14-11-19;1-4(5)3-6-2/h5-9,12,16,19H,10-11,13-15H2,1-4H3,(H,26,27,28);4H,3,5H2,1-2H3/t16-;4-/m00/s1. The maximum Gasteiger partial charge on any atom is 0.275 e. The lowest BCUT2D eigenvalue weighted by atomic mass is 10.0. The maximum atomic E-state index is 13.8. The van der Waals surface area contributed by atoms with Gasteiger partial charge in [0.05, 0.1) is 36.2 Å². The number of likely N-dealkylation sites (tertiary alicyclic amines) is 1. The molecule has 3 N–H and O–H groups in total. The molecule has 1 saturated heterocycles. The zero-order valence-corrected chi connectivity index (χ0v) is 23.9. The summed E-state index contributed by atoms with van der Waals surface area (Å²) in [7, 11) is 7.28. The van der Waals surface area contributed by atoms with Crippen LogP contribution in [0.3, 0.4) is 0 Å². The number of benzene rings is 1. The van der Waals surface area contributed by atoms with Crippen LogP contribution in [0.1, 0.15) is 32.7 Å². The van der Waals surface area contributed by atoms with Gasteiger partial charge in [-0.05, 0) is 70.6 Å². The first kappa shape index (κ1) is 30.4. The van der Waals surface area contributed by atoms with E-state index in [1.807, 2.05) is 30.3 Å². The van der Waals surface area contributed by atoms with Crippen molar-refractivity contribution in [3.05, 3.63) is 52.7 Å². The summed E-state index contributed by atoms with van der Waals surface area (Å²) >= 11 is 0. The van der Waals surface area contributed by atoms with E-state index in [-0.39, 0.29) is 29.5 Å². The quantitative estimate of drug-likeness (QED) is 0.423. The van der Waals surface area contributed by atoms with Crippen molar-refractivity contribution in [2.75, 3.05) is 52.9 Å². The second-order valence-corrected chi connectivity index (χ2v) is 10.1. The molecule has 1 aromatic carbocycles. The number of methoxy groups -OCH3 is 2. The summed E-state index contributed by atoms with van der Waals surface area (Å²) in [5.74, 6) is 0.120. The Balaban J connectivity index is 0.000000631. The van der Waals surface area contributed by atoms with E-state index in [1.165, 1.54) is 12.1 Å². The van der Waals surface area contributed by atoms with Gasteiger partial charge in [-0.15, -0.1) is 0 Å². The van der Waals surface area contributed by atoms with E-state index in [4.69, 9.17) is 15.5 Å². The van der Waals surface area contributed by atoms with Gasteiger partial charge in [-0.2, -0.15) is 0 Å². The van der Waals surface area contributed by atoms with Crippen LogP contribution in [0.5, 0.6) is 0 Å². The van der Waals surface area contributed by atoms with Crippen LogP contribution in [0.2, 0.25) is 0 Å². The predicted octanol–water partition coefficient (Wildman–Crippen LogP) is 3.14. The molecule has 0 radical (unpaired) electrons. The van der Waals surface area contributed by atoms with Crippen LogP contribution in [0.4, 0.5) is 10.3 Å². The fraction of sp³-hybridized carbons (Fsp3) is 0.536. The fourth-order valence-corrected chi connectivity index (χ4v) is 4.78. The highest BCUT2D eigenvalue weighted by molar-refractivity contribution is 5.79. The van der Waals surface area contributed by atoms with Crippen molar-refractivity contribution < 1.29 is 13.9 Å².